The van der Waals surface area contributed by atoms with Gasteiger partial charge in [0.2, 0.25) is 0 Å². The lowest BCUT2D eigenvalue weighted by atomic mass is 9.96. The number of methoxy groups -OCH3 is 1. The highest BCUT2D eigenvalue weighted by molar-refractivity contribution is 5.90. The predicted octanol–water partition coefficient (Wildman–Crippen LogP) is 2.34. The Morgan fingerprint density at radius 3 is 2.50 bits per heavy atom. The van der Waals surface area contributed by atoms with Gasteiger partial charge in [0.15, 0.2) is 0 Å². The molecule has 0 spiro atoms. The highest BCUT2D eigenvalue weighted by atomic mass is 16.5. The second kappa shape index (κ2) is 7.02. The SMILES string of the molecule is COc1ccc(C(=O)OC2CC(C)=C(C=O)C2CC=O)cc1. The van der Waals surface area contributed by atoms with Crippen molar-refractivity contribution >= 4 is 18.5 Å². The first-order valence-electron chi connectivity index (χ1n) is 7.04. The fourth-order valence-corrected chi connectivity index (χ4v) is 2.71. The van der Waals surface area contributed by atoms with Gasteiger partial charge in [-0.1, -0.05) is 5.57 Å². The molecule has 0 saturated carbocycles. The lowest BCUT2D eigenvalue weighted by Crippen LogP contribution is -2.25. The standard InChI is InChI=1S/C17H18O5/c1-11-9-16(14(7-8-18)15(11)10-19)22-17(20)12-3-5-13(21-2)6-4-12/h3-6,8,10,14,16H,7,9H2,1-2H3. The third-order valence-electron chi connectivity index (χ3n) is 3.91. The van der Waals surface area contributed by atoms with E-state index >= 15 is 0 Å². The summed E-state index contributed by atoms with van der Waals surface area (Å²) in [5, 5.41) is 0. The summed E-state index contributed by atoms with van der Waals surface area (Å²) in [4.78, 5) is 34.1. The fourth-order valence-electron chi connectivity index (χ4n) is 2.71. The maximum atomic E-state index is 12.2. The molecule has 1 aromatic carbocycles. The number of benzene rings is 1. The van der Waals surface area contributed by atoms with Crippen molar-refractivity contribution in [2.45, 2.75) is 25.9 Å². The zero-order chi connectivity index (χ0) is 16.1. The summed E-state index contributed by atoms with van der Waals surface area (Å²) < 4.78 is 10.5. The number of ether oxygens (including phenoxy) is 2. The smallest absolute Gasteiger partial charge is 0.338 e. The van der Waals surface area contributed by atoms with Crippen LogP contribution < -0.4 is 4.74 Å². The minimum absolute atomic E-state index is 0.173. The summed E-state index contributed by atoms with van der Waals surface area (Å²) in [6.45, 7) is 1.82. The molecule has 1 aliphatic rings. The Hall–Kier alpha value is -2.43. The number of esters is 1. The van der Waals surface area contributed by atoms with Crippen LogP contribution in [0.5, 0.6) is 5.75 Å². The van der Waals surface area contributed by atoms with Gasteiger partial charge in [0, 0.05) is 18.8 Å². The summed E-state index contributed by atoms with van der Waals surface area (Å²) in [5.41, 5.74) is 1.84. The van der Waals surface area contributed by atoms with Crippen LogP contribution in [-0.2, 0) is 14.3 Å². The van der Waals surface area contributed by atoms with Crippen LogP contribution >= 0.6 is 0 Å². The van der Waals surface area contributed by atoms with Gasteiger partial charge in [0.05, 0.1) is 12.7 Å². The molecule has 2 unspecified atom stereocenters. The van der Waals surface area contributed by atoms with Crippen molar-refractivity contribution in [3.63, 3.8) is 0 Å². The Labute approximate surface area is 128 Å². The number of rotatable bonds is 6. The van der Waals surface area contributed by atoms with Gasteiger partial charge in [-0.05, 0) is 36.8 Å². The van der Waals surface area contributed by atoms with E-state index in [0.717, 1.165) is 18.1 Å². The molecule has 0 bridgehead atoms. The topological polar surface area (TPSA) is 69.7 Å². The second-order valence-corrected chi connectivity index (χ2v) is 5.24. The van der Waals surface area contributed by atoms with Crippen molar-refractivity contribution in [2.24, 2.45) is 5.92 Å². The number of hydrogen-bond donors (Lipinski definition) is 0. The molecule has 5 nitrogen and oxygen atoms in total. The molecule has 2 rings (SSSR count). The van der Waals surface area contributed by atoms with Crippen molar-refractivity contribution in [3.05, 3.63) is 41.0 Å². The molecule has 22 heavy (non-hydrogen) atoms. The summed E-state index contributed by atoms with van der Waals surface area (Å²) in [6, 6.07) is 6.58. The van der Waals surface area contributed by atoms with Crippen LogP contribution in [0.4, 0.5) is 0 Å². The Morgan fingerprint density at radius 1 is 1.27 bits per heavy atom. The van der Waals surface area contributed by atoms with E-state index in [-0.39, 0.29) is 12.3 Å². The molecule has 5 heteroatoms. The van der Waals surface area contributed by atoms with Crippen molar-refractivity contribution in [1.29, 1.82) is 0 Å². The Balaban J connectivity index is 2.10. The molecule has 0 fully saturated rings. The van der Waals surface area contributed by atoms with Gasteiger partial charge in [-0.2, -0.15) is 0 Å². The first kappa shape index (κ1) is 15.9. The van der Waals surface area contributed by atoms with Crippen LogP contribution in [0.25, 0.3) is 0 Å². The highest BCUT2D eigenvalue weighted by Gasteiger charge is 2.35. The minimum Gasteiger partial charge on any atom is -0.497 e. The van der Waals surface area contributed by atoms with Crippen LogP contribution in [0.2, 0.25) is 0 Å². The molecular formula is C17H18O5. The molecule has 2 atom stereocenters. The van der Waals surface area contributed by atoms with Crippen molar-refractivity contribution in [2.75, 3.05) is 7.11 Å². The van der Waals surface area contributed by atoms with Gasteiger partial charge in [0.1, 0.15) is 24.4 Å². The van der Waals surface area contributed by atoms with E-state index in [2.05, 4.69) is 0 Å². The first-order valence-corrected chi connectivity index (χ1v) is 7.04. The van der Waals surface area contributed by atoms with Crippen molar-refractivity contribution < 1.29 is 23.9 Å². The van der Waals surface area contributed by atoms with E-state index in [9.17, 15) is 14.4 Å². The molecule has 0 aromatic heterocycles. The zero-order valence-corrected chi connectivity index (χ0v) is 12.6. The molecule has 116 valence electrons. The van der Waals surface area contributed by atoms with E-state index < -0.39 is 12.1 Å². The monoisotopic (exact) mass is 302 g/mol. The summed E-state index contributed by atoms with van der Waals surface area (Å²) in [7, 11) is 1.55. The van der Waals surface area contributed by atoms with Crippen LogP contribution in [0, 0.1) is 5.92 Å². The van der Waals surface area contributed by atoms with E-state index in [1.165, 1.54) is 0 Å². The van der Waals surface area contributed by atoms with Crippen LogP contribution in [0.1, 0.15) is 30.1 Å². The van der Waals surface area contributed by atoms with Crippen LogP contribution in [0.3, 0.4) is 0 Å². The van der Waals surface area contributed by atoms with Gasteiger partial charge in [-0.25, -0.2) is 4.79 Å². The van der Waals surface area contributed by atoms with Crippen LogP contribution in [0.15, 0.2) is 35.4 Å². The van der Waals surface area contributed by atoms with E-state index in [1.54, 1.807) is 31.4 Å². The predicted molar refractivity (Wildman–Crippen MR) is 79.7 cm³/mol. The number of aldehydes is 2. The molecule has 0 aliphatic heterocycles. The highest BCUT2D eigenvalue weighted by Crippen LogP contribution is 2.35. The number of carbonyl (C=O) groups excluding carboxylic acids is 3. The fraction of sp³-hybridized carbons (Fsp3) is 0.353. The lowest BCUT2D eigenvalue weighted by Gasteiger charge is -2.19. The average molecular weight is 302 g/mol. The van der Waals surface area contributed by atoms with Crippen molar-refractivity contribution in [3.8, 4) is 5.75 Å². The molecule has 1 aromatic rings. The summed E-state index contributed by atoms with van der Waals surface area (Å²) in [6.07, 6.45) is 1.69. The van der Waals surface area contributed by atoms with Crippen molar-refractivity contribution in [1.82, 2.24) is 0 Å². The van der Waals surface area contributed by atoms with Gasteiger partial charge in [0.25, 0.3) is 0 Å². The summed E-state index contributed by atoms with van der Waals surface area (Å²) >= 11 is 0. The normalized spacial score (nSPS) is 20.6. The minimum atomic E-state index is -0.472. The zero-order valence-electron chi connectivity index (χ0n) is 12.6. The van der Waals surface area contributed by atoms with Gasteiger partial charge in [-0.3, -0.25) is 4.79 Å². The van der Waals surface area contributed by atoms with E-state index in [1.807, 2.05) is 6.92 Å². The van der Waals surface area contributed by atoms with E-state index in [4.69, 9.17) is 9.47 Å². The third-order valence-corrected chi connectivity index (χ3v) is 3.91. The lowest BCUT2D eigenvalue weighted by molar-refractivity contribution is -0.109. The molecule has 0 radical (unpaired) electrons. The first-order chi connectivity index (χ1) is 10.6. The molecule has 1 aliphatic carbocycles. The Kier molecular flexibility index (Phi) is 5.09. The Morgan fingerprint density at radius 2 is 1.95 bits per heavy atom. The van der Waals surface area contributed by atoms with Gasteiger partial charge < -0.3 is 14.3 Å². The molecule has 0 amide bonds. The van der Waals surface area contributed by atoms with Crippen LogP contribution in [-0.4, -0.2) is 31.8 Å². The maximum Gasteiger partial charge on any atom is 0.338 e. The molecule has 0 saturated heterocycles. The Bertz CT molecular complexity index is 600. The number of carbonyl (C=O) groups is 3. The summed E-state index contributed by atoms with van der Waals surface area (Å²) in [5.74, 6) is -0.169. The molecule has 0 heterocycles. The van der Waals surface area contributed by atoms with Gasteiger partial charge in [-0.15, -0.1) is 0 Å². The van der Waals surface area contributed by atoms with E-state index in [0.29, 0.717) is 23.3 Å². The quantitative estimate of drug-likeness (QED) is 0.596. The number of hydrogen-bond acceptors (Lipinski definition) is 5. The largest absolute Gasteiger partial charge is 0.497 e. The van der Waals surface area contributed by atoms with Gasteiger partial charge >= 0.3 is 5.97 Å². The maximum absolute atomic E-state index is 12.2. The average Bonchev–Trinajstić information content (AvgIpc) is 2.82. The third kappa shape index (κ3) is 3.24. The molecular weight excluding hydrogens is 284 g/mol. The second-order valence-electron chi connectivity index (χ2n) is 5.24. The molecule has 0 N–H and O–H groups in total.